The van der Waals surface area contributed by atoms with E-state index in [9.17, 15) is 4.79 Å². The molecule has 1 atom stereocenters. The summed E-state index contributed by atoms with van der Waals surface area (Å²) in [5, 5.41) is 9.52. The van der Waals surface area contributed by atoms with E-state index in [1.165, 1.54) is 25.7 Å². The minimum absolute atomic E-state index is 0.194. The predicted octanol–water partition coefficient (Wildman–Crippen LogP) is 2.41. The fraction of sp³-hybridized carbons (Fsp3) is 0.636. The van der Waals surface area contributed by atoms with E-state index in [2.05, 4.69) is 22.4 Å². The maximum absolute atomic E-state index is 11.3. The molecule has 1 saturated carbocycles. The first-order valence-corrected chi connectivity index (χ1v) is 6.06. The maximum atomic E-state index is 11.3. The number of halogens is 1. The Balaban J connectivity index is 2.08. The third-order valence-corrected chi connectivity index (χ3v) is 3.66. The van der Waals surface area contributed by atoms with Crippen LogP contribution < -0.4 is 10.9 Å². The molecule has 0 bridgehead atoms. The lowest BCUT2D eigenvalue weighted by Gasteiger charge is -2.21. The van der Waals surface area contributed by atoms with Crippen molar-refractivity contribution in [2.75, 3.05) is 5.32 Å². The summed E-state index contributed by atoms with van der Waals surface area (Å²) in [5.74, 6) is 0.676. The molecule has 16 heavy (non-hydrogen) atoms. The summed E-state index contributed by atoms with van der Waals surface area (Å²) in [6.45, 7) is 2.13. The molecule has 1 aliphatic carbocycles. The van der Waals surface area contributed by atoms with E-state index in [4.69, 9.17) is 11.6 Å². The fourth-order valence-corrected chi connectivity index (χ4v) is 2.45. The first-order chi connectivity index (χ1) is 7.68. The number of aromatic nitrogens is 2. The molecule has 4 nitrogen and oxygen atoms in total. The van der Waals surface area contributed by atoms with Gasteiger partial charge in [0.1, 0.15) is 5.02 Å². The van der Waals surface area contributed by atoms with Crippen molar-refractivity contribution in [2.45, 2.75) is 38.6 Å². The first-order valence-electron chi connectivity index (χ1n) is 5.68. The fourth-order valence-electron chi connectivity index (χ4n) is 2.30. The van der Waals surface area contributed by atoms with Gasteiger partial charge in [0.15, 0.2) is 0 Å². The summed E-state index contributed by atoms with van der Waals surface area (Å²) in [4.78, 5) is 11.3. The Kier molecular flexibility index (Phi) is 3.49. The van der Waals surface area contributed by atoms with E-state index in [0.717, 1.165) is 0 Å². The molecule has 2 rings (SSSR count). The van der Waals surface area contributed by atoms with Gasteiger partial charge in [0.2, 0.25) is 0 Å². The quantitative estimate of drug-likeness (QED) is 0.855. The maximum Gasteiger partial charge on any atom is 0.285 e. The Morgan fingerprint density at radius 3 is 2.94 bits per heavy atom. The summed E-state index contributed by atoms with van der Waals surface area (Å²) < 4.78 is 0. The van der Waals surface area contributed by atoms with Crippen LogP contribution in [0.25, 0.3) is 0 Å². The van der Waals surface area contributed by atoms with Gasteiger partial charge >= 0.3 is 0 Å². The molecule has 1 aromatic heterocycles. The number of hydrogen-bond donors (Lipinski definition) is 2. The lowest BCUT2D eigenvalue weighted by atomic mass is 10.00. The normalized spacial score (nSPS) is 18.6. The molecule has 0 radical (unpaired) electrons. The zero-order chi connectivity index (χ0) is 11.5. The summed E-state index contributed by atoms with van der Waals surface area (Å²) >= 11 is 5.90. The van der Waals surface area contributed by atoms with Gasteiger partial charge < -0.3 is 5.32 Å². The number of anilines is 1. The number of hydrogen-bond acceptors (Lipinski definition) is 3. The predicted molar refractivity (Wildman–Crippen MR) is 64.9 cm³/mol. The number of nitrogens with one attached hydrogen (secondary N) is 2. The number of aromatic amines is 1. The van der Waals surface area contributed by atoms with Crippen LogP contribution in [0.2, 0.25) is 5.02 Å². The molecule has 1 heterocycles. The summed E-state index contributed by atoms with van der Waals surface area (Å²) in [5.41, 5.74) is 0.287. The Hall–Kier alpha value is -1.03. The zero-order valence-electron chi connectivity index (χ0n) is 9.29. The highest BCUT2D eigenvalue weighted by molar-refractivity contribution is 6.32. The van der Waals surface area contributed by atoms with E-state index in [0.29, 0.717) is 17.6 Å². The molecule has 1 aromatic rings. The smallest absolute Gasteiger partial charge is 0.285 e. The molecule has 2 N–H and O–H groups in total. The molecule has 5 heteroatoms. The van der Waals surface area contributed by atoms with Crippen molar-refractivity contribution in [3.8, 4) is 0 Å². The molecular weight excluding hydrogens is 226 g/mol. The number of rotatable bonds is 3. The lowest BCUT2D eigenvalue weighted by molar-refractivity contribution is 0.482. The molecule has 0 aliphatic heterocycles. The van der Waals surface area contributed by atoms with Crippen molar-refractivity contribution in [3.05, 3.63) is 21.6 Å². The van der Waals surface area contributed by atoms with E-state index >= 15 is 0 Å². The molecule has 1 unspecified atom stereocenters. The van der Waals surface area contributed by atoms with Gasteiger partial charge in [-0.05, 0) is 25.7 Å². The summed E-state index contributed by atoms with van der Waals surface area (Å²) in [7, 11) is 0. The van der Waals surface area contributed by atoms with Crippen LogP contribution in [0.15, 0.2) is 11.0 Å². The molecule has 0 amide bonds. The van der Waals surface area contributed by atoms with Gasteiger partial charge in [-0.15, -0.1) is 0 Å². The highest BCUT2D eigenvalue weighted by Gasteiger charge is 2.22. The zero-order valence-corrected chi connectivity index (χ0v) is 10.0. The van der Waals surface area contributed by atoms with Crippen molar-refractivity contribution in [2.24, 2.45) is 5.92 Å². The number of H-pyrrole nitrogens is 1. The van der Waals surface area contributed by atoms with Crippen LogP contribution >= 0.6 is 11.6 Å². The van der Waals surface area contributed by atoms with Crippen molar-refractivity contribution >= 4 is 17.3 Å². The first kappa shape index (κ1) is 11.5. The number of nitrogens with zero attached hydrogens (tertiary/aromatic N) is 1. The lowest BCUT2D eigenvalue weighted by Crippen LogP contribution is -2.25. The van der Waals surface area contributed by atoms with Gasteiger partial charge in [0.25, 0.3) is 5.56 Å². The average molecular weight is 242 g/mol. The third kappa shape index (κ3) is 2.38. The van der Waals surface area contributed by atoms with Crippen molar-refractivity contribution < 1.29 is 0 Å². The molecule has 1 fully saturated rings. The van der Waals surface area contributed by atoms with Crippen molar-refractivity contribution in [3.63, 3.8) is 0 Å². The topological polar surface area (TPSA) is 57.8 Å². The second-order valence-corrected chi connectivity index (χ2v) is 4.78. The Morgan fingerprint density at radius 1 is 1.56 bits per heavy atom. The summed E-state index contributed by atoms with van der Waals surface area (Å²) in [6.07, 6.45) is 6.68. The molecular formula is C11H16ClN3O. The van der Waals surface area contributed by atoms with Gasteiger partial charge in [-0.2, -0.15) is 5.10 Å². The Bertz CT molecular complexity index is 412. The summed E-state index contributed by atoms with van der Waals surface area (Å²) in [6, 6.07) is 0.337. The second kappa shape index (κ2) is 4.87. The van der Waals surface area contributed by atoms with E-state index in [1.807, 2.05) is 0 Å². The molecule has 0 saturated heterocycles. The highest BCUT2D eigenvalue weighted by Crippen LogP contribution is 2.29. The van der Waals surface area contributed by atoms with Crippen LogP contribution in [0.5, 0.6) is 0 Å². The highest BCUT2D eigenvalue weighted by atomic mass is 35.5. The Morgan fingerprint density at radius 2 is 2.25 bits per heavy atom. The van der Waals surface area contributed by atoms with E-state index in [1.54, 1.807) is 6.20 Å². The van der Waals surface area contributed by atoms with Gasteiger partial charge in [-0.25, -0.2) is 5.10 Å². The van der Waals surface area contributed by atoms with Gasteiger partial charge in [-0.1, -0.05) is 24.4 Å². The van der Waals surface area contributed by atoms with Crippen LogP contribution in [-0.2, 0) is 0 Å². The third-order valence-electron chi connectivity index (χ3n) is 3.29. The molecule has 88 valence electrons. The Labute approximate surface area is 99.4 Å². The van der Waals surface area contributed by atoms with Gasteiger partial charge in [-0.3, -0.25) is 4.79 Å². The van der Waals surface area contributed by atoms with Crippen molar-refractivity contribution in [1.82, 2.24) is 10.2 Å². The van der Waals surface area contributed by atoms with Crippen molar-refractivity contribution in [1.29, 1.82) is 0 Å². The second-order valence-electron chi connectivity index (χ2n) is 4.40. The van der Waals surface area contributed by atoms with E-state index < -0.39 is 0 Å². The average Bonchev–Trinajstić information content (AvgIpc) is 2.78. The molecule has 0 spiro atoms. The van der Waals surface area contributed by atoms with Crippen LogP contribution in [0.3, 0.4) is 0 Å². The van der Waals surface area contributed by atoms with Gasteiger partial charge in [0, 0.05) is 6.04 Å². The monoisotopic (exact) mass is 241 g/mol. The van der Waals surface area contributed by atoms with Crippen LogP contribution in [-0.4, -0.2) is 16.2 Å². The van der Waals surface area contributed by atoms with E-state index in [-0.39, 0.29) is 10.6 Å². The largest absolute Gasteiger partial charge is 0.380 e. The SMILES string of the molecule is CC(Nc1cn[nH]c(=O)c1Cl)C1CCCC1. The molecule has 0 aromatic carbocycles. The molecule has 1 aliphatic rings. The van der Waals surface area contributed by atoms with Crippen LogP contribution in [0.1, 0.15) is 32.6 Å². The minimum Gasteiger partial charge on any atom is -0.380 e. The minimum atomic E-state index is -0.342. The van der Waals surface area contributed by atoms with Crippen LogP contribution in [0, 0.1) is 5.92 Å². The van der Waals surface area contributed by atoms with Crippen LogP contribution in [0.4, 0.5) is 5.69 Å². The van der Waals surface area contributed by atoms with Gasteiger partial charge in [0.05, 0.1) is 11.9 Å². The standard InChI is InChI=1S/C11H16ClN3O/c1-7(8-4-2-3-5-8)14-9-6-13-15-11(16)10(9)12/h6-8H,2-5H2,1H3,(H2,14,15,16).